The van der Waals surface area contributed by atoms with Crippen LogP contribution in [0.15, 0.2) is 0 Å². The molecule has 2 heterocycles. The highest BCUT2D eigenvalue weighted by Gasteiger charge is 2.39. The van der Waals surface area contributed by atoms with Crippen LogP contribution >= 0.6 is 11.6 Å². The summed E-state index contributed by atoms with van der Waals surface area (Å²) in [5.74, 6) is 1.14. The minimum Gasteiger partial charge on any atom is -0.416 e. The number of hydrogen-bond donors (Lipinski definition) is 2. The first-order valence-corrected chi connectivity index (χ1v) is 23.2. The van der Waals surface area contributed by atoms with Gasteiger partial charge in [-0.05, 0) is 47.9 Å². The monoisotopic (exact) mass is 692 g/mol. The van der Waals surface area contributed by atoms with Gasteiger partial charge in [-0.3, -0.25) is 14.4 Å². The summed E-state index contributed by atoms with van der Waals surface area (Å²) >= 11 is 4.82. The van der Waals surface area contributed by atoms with E-state index in [1.807, 2.05) is 23.6 Å². The zero-order valence-corrected chi connectivity index (χ0v) is 33.9. The third-order valence-electron chi connectivity index (χ3n) is 9.50. The lowest BCUT2D eigenvalue weighted by molar-refractivity contribution is -0.133. The molecule has 2 rings (SSSR count). The van der Waals surface area contributed by atoms with Crippen LogP contribution in [0, 0.1) is 11.8 Å². The van der Waals surface area contributed by atoms with Crippen LogP contribution in [0.5, 0.6) is 0 Å². The van der Waals surface area contributed by atoms with Crippen molar-refractivity contribution in [2.45, 2.75) is 118 Å². The van der Waals surface area contributed by atoms with E-state index in [0.717, 1.165) is 32.8 Å². The van der Waals surface area contributed by atoms with Crippen molar-refractivity contribution < 1.29 is 23.2 Å². The fraction of sp³-hybridized carbons (Fsp3) is 0.909. The molecule has 2 aliphatic rings. The van der Waals surface area contributed by atoms with Crippen molar-refractivity contribution in [2.75, 3.05) is 65.6 Å². The maximum absolute atomic E-state index is 12.2. The number of amides is 2. The van der Waals surface area contributed by atoms with Gasteiger partial charge in [-0.15, -0.1) is 0 Å². The number of carbonyl (C=O) groups excluding carboxylic acids is 3. The molecule has 266 valence electrons. The van der Waals surface area contributed by atoms with Crippen molar-refractivity contribution in [3.05, 3.63) is 0 Å². The molecule has 0 aliphatic carbocycles. The summed E-state index contributed by atoms with van der Waals surface area (Å²) in [6, 6.07) is 0. The molecular formula is C33H69ClN4O5Si2. The molecule has 12 heteroatoms. The van der Waals surface area contributed by atoms with E-state index in [0.29, 0.717) is 63.0 Å². The van der Waals surface area contributed by atoms with Crippen molar-refractivity contribution in [1.82, 2.24) is 20.4 Å². The van der Waals surface area contributed by atoms with Gasteiger partial charge in [0.05, 0.1) is 0 Å². The molecule has 2 saturated heterocycles. The van der Waals surface area contributed by atoms with Crippen molar-refractivity contribution in [2.24, 2.45) is 11.8 Å². The van der Waals surface area contributed by atoms with Crippen molar-refractivity contribution in [3.8, 4) is 0 Å². The summed E-state index contributed by atoms with van der Waals surface area (Å²) in [7, 11) is -3.39. The number of nitrogens with one attached hydrogen (secondary N) is 2. The van der Waals surface area contributed by atoms with Crippen LogP contribution in [0.3, 0.4) is 0 Å². The van der Waals surface area contributed by atoms with E-state index in [2.05, 4.69) is 78.4 Å². The zero-order valence-electron chi connectivity index (χ0n) is 31.2. The van der Waals surface area contributed by atoms with Crippen molar-refractivity contribution in [1.29, 1.82) is 0 Å². The van der Waals surface area contributed by atoms with Gasteiger partial charge in [0.15, 0.2) is 16.6 Å². The Kier molecular flexibility index (Phi) is 20.1. The molecule has 0 atom stereocenters. The van der Waals surface area contributed by atoms with Crippen LogP contribution in [0.25, 0.3) is 0 Å². The Morgan fingerprint density at radius 1 is 0.689 bits per heavy atom. The first-order valence-electron chi connectivity index (χ1n) is 17.0. The zero-order chi connectivity index (χ0) is 35.1. The largest absolute Gasteiger partial charge is 0.416 e. The van der Waals surface area contributed by atoms with Crippen LogP contribution in [0.4, 0.5) is 0 Å². The third kappa shape index (κ3) is 17.2. The van der Waals surface area contributed by atoms with Crippen LogP contribution in [-0.2, 0) is 23.2 Å². The molecule has 0 radical (unpaired) electrons. The highest BCUT2D eigenvalue weighted by molar-refractivity contribution is 6.74. The van der Waals surface area contributed by atoms with Gasteiger partial charge >= 0.3 is 0 Å². The molecule has 0 saturated carbocycles. The van der Waals surface area contributed by atoms with Gasteiger partial charge in [0.25, 0.3) is 0 Å². The molecule has 0 bridgehead atoms. The lowest BCUT2D eigenvalue weighted by Gasteiger charge is -2.37. The van der Waals surface area contributed by atoms with E-state index < -0.39 is 16.6 Å². The van der Waals surface area contributed by atoms with E-state index >= 15 is 0 Å². The van der Waals surface area contributed by atoms with Crippen molar-refractivity contribution in [3.63, 3.8) is 0 Å². The summed E-state index contributed by atoms with van der Waals surface area (Å²) in [5, 5.41) is 7.10. The number of halogens is 1. The minimum absolute atomic E-state index is 0.162. The Bertz CT molecular complexity index is 859. The maximum Gasteiger partial charge on any atom is 0.222 e. The summed E-state index contributed by atoms with van der Waals surface area (Å²) in [6.07, 6.45) is 1.45. The van der Waals surface area contributed by atoms with Gasteiger partial charge in [0.2, 0.25) is 17.1 Å². The van der Waals surface area contributed by atoms with E-state index in [1.165, 1.54) is 0 Å². The Labute approximate surface area is 283 Å². The molecule has 0 spiro atoms. The maximum atomic E-state index is 12.2. The molecule has 2 fully saturated rings. The van der Waals surface area contributed by atoms with Gasteiger partial charge < -0.3 is 29.3 Å². The van der Waals surface area contributed by atoms with E-state index in [1.54, 1.807) is 6.92 Å². The van der Waals surface area contributed by atoms with Crippen LogP contribution < -0.4 is 10.6 Å². The van der Waals surface area contributed by atoms with Crippen LogP contribution in [0.1, 0.15) is 81.6 Å². The molecule has 45 heavy (non-hydrogen) atoms. The number of carbonyl (C=O) groups is 3. The average molecular weight is 694 g/mol. The SMILES string of the molecule is CC(C)(C)[Si](C)(C)OCC1CNCCNC1.CCC(=O)Cl.CCC(=O)N1CCN(C(=O)CC)CC(CO[Si](C)(C)C(C)(C)C)C1. The fourth-order valence-corrected chi connectivity index (χ4v) is 6.35. The molecule has 9 nitrogen and oxygen atoms in total. The fourth-order valence-electron chi connectivity index (χ4n) is 4.18. The molecule has 2 N–H and O–H groups in total. The molecule has 2 aliphatic heterocycles. The summed E-state index contributed by atoms with van der Waals surface area (Å²) < 4.78 is 12.6. The first-order chi connectivity index (χ1) is 20.6. The van der Waals surface area contributed by atoms with E-state index in [-0.39, 0.29) is 28.0 Å². The lowest BCUT2D eigenvalue weighted by Crippen LogP contribution is -2.44. The number of nitrogens with zero attached hydrogens (tertiary/aromatic N) is 2. The Balaban J connectivity index is 0.000000790. The van der Waals surface area contributed by atoms with Crippen LogP contribution in [0.2, 0.25) is 36.3 Å². The van der Waals surface area contributed by atoms with E-state index in [4.69, 9.17) is 20.5 Å². The summed E-state index contributed by atoms with van der Waals surface area (Å²) in [6.45, 7) is 36.7. The van der Waals surface area contributed by atoms with E-state index in [9.17, 15) is 14.4 Å². The standard InChI is InChI=1S/C18H36N2O3Si.C12H28N2OSi.C3H5ClO/c1-8-16(21)19-10-11-20(17(22)9-2)13-15(12-19)14-23-24(6,7)18(3,4)5;1-12(2,3)16(4,5)15-10-11-8-13-6-7-14-9-11;1-2-3(4)5/h15H,8-14H2,1-7H3;11,13-14H,6-10H2,1-5H3;2H2,1H3. The van der Waals surface area contributed by atoms with Gasteiger partial charge in [0.1, 0.15) is 0 Å². The topological polar surface area (TPSA) is 100 Å². The van der Waals surface area contributed by atoms with Crippen LogP contribution in [-0.4, -0.2) is 109 Å². The lowest BCUT2D eigenvalue weighted by atomic mass is 10.1. The molecule has 0 aromatic rings. The molecule has 0 aromatic heterocycles. The molecule has 2 amide bonds. The normalized spacial score (nSPS) is 17.7. The Morgan fingerprint density at radius 2 is 1.02 bits per heavy atom. The third-order valence-corrected chi connectivity index (χ3v) is 18.8. The number of hydrogen-bond acceptors (Lipinski definition) is 7. The average Bonchev–Trinajstić information content (AvgIpc) is 3.35. The highest BCUT2D eigenvalue weighted by atomic mass is 35.5. The second-order valence-corrected chi connectivity index (χ2v) is 25.4. The molecule has 0 aromatic carbocycles. The second kappa shape index (κ2) is 20.5. The molecule has 0 unspecified atom stereocenters. The first kappa shape index (κ1) is 44.2. The predicted octanol–water partition coefficient (Wildman–Crippen LogP) is 6.09. The summed E-state index contributed by atoms with van der Waals surface area (Å²) in [5.41, 5.74) is 0. The molecular weight excluding hydrogens is 624 g/mol. The predicted molar refractivity (Wildman–Crippen MR) is 194 cm³/mol. The van der Waals surface area contributed by atoms with Gasteiger partial charge in [0, 0.05) is 96.7 Å². The second-order valence-electron chi connectivity index (χ2n) is 15.4. The number of rotatable bonds is 9. The Hall–Kier alpha value is -0.826. The van der Waals surface area contributed by atoms with Gasteiger partial charge in [-0.2, -0.15) is 0 Å². The minimum atomic E-state index is -1.83. The highest BCUT2D eigenvalue weighted by Crippen LogP contribution is 2.37. The smallest absolute Gasteiger partial charge is 0.222 e. The summed E-state index contributed by atoms with van der Waals surface area (Å²) in [4.78, 5) is 37.7. The van der Waals surface area contributed by atoms with Gasteiger partial charge in [-0.25, -0.2) is 0 Å². The Morgan fingerprint density at radius 3 is 1.31 bits per heavy atom. The van der Waals surface area contributed by atoms with Crippen molar-refractivity contribution >= 4 is 45.3 Å². The quantitative estimate of drug-likeness (QED) is 0.223. The van der Waals surface area contributed by atoms with Gasteiger partial charge in [-0.1, -0.05) is 62.3 Å².